The Morgan fingerprint density at radius 3 is 2.64 bits per heavy atom. The van der Waals surface area contributed by atoms with Gasteiger partial charge in [0.2, 0.25) is 10.0 Å². The minimum Gasteiger partial charge on any atom is -0.313 e. The van der Waals surface area contributed by atoms with E-state index in [2.05, 4.69) is 20.0 Å². The Labute approximate surface area is 127 Å². The number of hydrogen-bond donors (Lipinski definition) is 4. The van der Waals surface area contributed by atoms with Gasteiger partial charge >= 0.3 is 5.69 Å². The minimum atomic E-state index is -3.73. The summed E-state index contributed by atoms with van der Waals surface area (Å²) >= 11 is 0. The molecule has 0 bridgehead atoms. The molecular weight excluding hydrogens is 308 g/mol. The summed E-state index contributed by atoms with van der Waals surface area (Å²) in [5, 5.41) is 3.21. The van der Waals surface area contributed by atoms with Gasteiger partial charge in [0.15, 0.2) is 0 Å². The molecule has 0 aliphatic carbocycles. The van der Waals surface area contributed by atoms with Gasteiger partial charge in [0.1, 0.15) is 0 Å². The fourth-order valence-corrected chi connectivity index (χ4v) is 3.21. The molecule has 0 aliphatic heterocycles. The summed E-state index contributed by atoms with van der Waals surface area (Å²) in [4.78, 5) is 27.4. The summed E-state index contributed by atoms with van der Waals surface area (Å²) in [6, 6.07) is 3.97. The molecule has 4 N–H and O–H groups in total. The molecule has 0 saturated carbocycles. The third kappa shape index (κ3) is 3.62. The largest absolute Gasteiger partial charge is 0.326 e. The van der Waals surface area contributed by atoms with Crippen LogP contribution in [0, 0.1) is 0 Å². The highest BCUT2D eigenvalue weighted by Crippen LogP contribution is 2.13. The zero-order chi connectivity index (χ0) is 16.3. The molecule has 0 unspecified atom stereocenters. The van der Waals surface area contributed by atoms with Crippen LogP contribution in [0.2, 0.25) is 0 Å². The smallest absolute Gasteiger partial charge is 0.313 e. The fraction of sp³-hybridized carbons (Fsp3) is 0.385. The van der Waals surface area contributed by atoms with E-state index in [1.807, 2.05) is 13.8 Å². The van der Waals surface area contributed by atoms with E-state index in [-0.39, 0.29) is 28.4 Å². The highest BCUT2D eigenvalue weighted by Gasteiger charge is 2.16. The normalized spacial score (nSPS) is 13.4. The predicted octanol–water partition coefficient (Wildman–Crippen LogP) is -0.507. The maximum Gasteiger partial charge on any atom is 0.326 e. The molecular formula is C13H18N4O4S. The summed E-state index contributed by atoms with van der Waals surface area (Å²) in [7, 11) is -3.73. The number of fused-ring (bicyclic) bond motifs is 1. The Balaban J connectivity index is 2.34. The lowest BCUT2D eigenvalue weighted by Crippen LogP contribution is -2.38. The van der Waals surface area contributed by atoms with E-state index in [1.54, 1.807) is 0 Å². The number of H-pyrrole nitrogens is 2. The Kier molecular flexibility index (Phi) is 4.79. The topological polar surface area (TPSA) is 124 Å². The number of aromatic amines is 2. The van der Waals surface area contributed by atoms with Gasteiger partial charge in [0, 0.05) is 12.6 Å². The third-order valence-electron chi connectivity index (χ3n) is 3.15. The van der Waals surface area contributed by atoms with E-state index >= 15 is 0 Å². The van der Waals surface area contributed by atoms with Crippen molar-refractivity contribution in [2.24, 2.45) is 0 Å². The second kappa shape index (κ2) is 6.42. The van der Waals surface area contributed by atoms with E-state index in [0.29, 0.717) is 0 Å². The average Bonchev–Trinajstić information content (AvgIpc) is 2.45. The lowest BCUT2D eigenvalue weighted by Gasteiger charge is -2.13. The first-order valence-corrected chi connectivity index (χ1v) is 8.31. The highest BCUT2D eigenvalue weighted by atomic mass is 32.2. The molecule has 1 heterocycles. The SMILES string of the molecule is CCN[C@H](C)CNS(=O)(=O)c1ccc2[nH]c(=O)[nH]c(=O)c2c1. The molecule has 0 fully saturated rings. The molecule has 1 aromatic heterocycles. The van der Waals surface area contributed by atoms with E-state index in [9.17, 15) is 18.0 Å². The van der Waals surface area contributed by atoms with Crippen molar-refractivity contribution in [3.05, 3.63) is 39.0 Å². The van der Waals surface area contributed by atoms with Crippen molar-refractivity contribution < 1.29 is 8.42 Å². The van der Waals surface area contributed by atoms with Gasteiger partial charge in [0.05, 0.1) is 15.8 Å². The van der Waals surface area contributed by atoms with Gasteiger partial charge in [-0.05, 0) is 31.7 Å². The van der Waals surface area contributed by atoms with Gasteiger partial charge < -0.3 is 10.3 Å². The summed E-state index contributed by atoms with van der Waals surface area (Å²) in [5.41, 5.74) is -0.976. The Hall–Kier alpha value is -1.97. The van der Waals surface area contributed by atoms with Gasteiger partial charge in [-0.25, -0.2) is 17.9 Å². The molecule has 1 aromatic carbocycles. The van der Waals surface area contributed by atoms with E-state index in [4.69, 9.17) is 0 Å². The van der Waals surface area contributed by atoms with Crippen LogP contribution in [0.15, 0.2) is 32.7 Å². The zero-order valence-electron chi connectivity index (χ0n) is 12.3. The van der Waals surface area contributed by atoms with Crippen LogP contribution < -0.4 is 21.3 Å². The lowest BCUT2D eigenvalue weighted by molar-refractivity contribution is 0.536. The molecule has 1 atom stereocenters. The van der Waals surface area contributed by atoms with Crippen molar-refractivity contribution in [1.29, 1.82) is 0 Å². The van der Waals surface area contributed by atoms with Gasteiger partial charge in [-0.1, -0.05) is 6.92 Å². The number of rotatable bonds is 6. The van der Waals surface area contributed by atoms with E-state index in [0.717, 1.165) is 6.54 Å². The van der Waals surface area contributed by atoms with Crippen LogP contribution in [0.3, 0.4) is 0 Å². The van der Waals surface area contributed by atoms with Crippen molar-refractivity contribution in [2.75, 3.05) is 13.1 Å². The molecule has 0 saturated heterocycles. The number of hydrogen-bond acceptors (Lipinski definition) is 5. The second-order valence-corrected chi connectivity index (χ2v) is 6.69. The molecule has 8 nitrogen and oxygen atoms in total. The summed E-state index contributed by atoms with van der Waals surface area (Å²) < 4.78 is 27.0. The number of sulfonamides is 1. The first-order valence-electron chi connectivity index (χ1n) is 6.83. The Bertz CT molecular complexity index is 885. The molecule has 2 rings (SSSR count). The first-order chi connectivity index (χ1) is 10.3. The van der Waals surface area contributed by atoms with Crippen molar-refractivity contribution in [1.82, 2.24) is 20.0 Å². The number of likely N-dealkylation sites (N-methyl/N-ethyl adjacent to an activating group) is 1. The van der Waals surface area contributed by atoms with Crippen LogP contribution in [0.5, 0.6) is 0 Å². The summed E-state index contributed by atoms with van der Waals surface area (Å²) in [6.07, 6.45) is 0. The standard InChI is InChI=1S/C13H18N4O4S/c1-3-14-8(2)7-15-22(20,21)9-4-5-11-10(6-9)12(18)17-13(19)16-11/h4-6,8,14-15H,3,7H2,1-2H3,(H2,16,17,18,19)/t8-/m1/s1. The van der Waals surface area contributed by atoms with Crippen LogP contribution in [0.25, 0.3) is 10.9 Å². The fourth-order valence-electron chi connectivity index (χ4n) is 2.05. The lowest BCUT2D eigenvalue weighted by atomic mass is 10.2. The molecule has 0 amide bonds. The van der Waals surface area contributed by atoms with Crippen LogP contribution in [-0.4, -0.2) is 37.5 Å². The molecule has 2 aromatic rings. The van der Waals surface area contributed by atoms with Crippen LogP contribution in [0.4, 0.5) is 0 Å². The Morgan fingerprint density at radius 1 is 1.23 bits per heavy atom. The van der Waals surface area contributed by atoms with Gasteiger partial charge in [-0.15, -0.1) is 0 Å². The molecule has 0 spiro atoms. The van der Waals surface area contributed by atoms with Crippen LogP contribution in [0.1, 0.15) is 13.8 Å². The van der Waals surface area contributed by atoms with Gasteiger partial charge in [-0.2, -0.15) is 0 Å². The van der Waals surface area contributed by atoms with Crippen LogP contribution >= 0.6 is 0 Å². The number of benzene rings is 1. The third-order valence-corrected chi connectivity index (χ3v) is 4.57. The molecule has 0 aliphatic rings. The maximum atomic E-state index is 12.2. The minimum absolute atomic E-state index is 0.0139. The molecule has 9 heteroatoms. The van der Waals surface area contributed by atoms with Gasteiger partial charge in [-0.3, -0.25) is 9.78 Å². The molecule has 120 valence electrons. The maximum absolute atomic E-state index is 12.2. The van der Waals surface area contributed by atoms with Gasteiger partial charge in [0.25, 0.3) is 5.56 Å². The van der Waals surface area contributed by atoms with Crippen molar-refractivity contribution in [3.8, 4) is 0 Å². The van der Waals surface area contributed by atoms with Crippen molar-refractivity contribution in [3.63, 3.8) is 0 Å². The highest BCUT2D eigenvalue weighted by molar-refractivity contribution is 7.89. The number of nitrogens with one attached hydrogen (secondary N) is 4. The predicted molar refractivity (Wildman–Crippen MR) is 83.5 cm³/mol. The summed E-state index contributed by atoms with van der Waals surface area (Å²) in [5.74, 6) is 0. The molecule has 22 heavy (non-hydrogen) atoms. The van der Waals surface area contributed by atoms with E-state index < -0.39 is 21.3 Å². The van der Waals surface area contributed by atoms with Crippen molar-refractivity contribution >= 4 is 20.9 Å². The monoisotopic (exact) mass is 326 g/mol. The van der Waals surface area contributed by atoms with E-state index in [1.165, 1.54) is 18.2 Å². The number of aromatic nitrogens is 2. The summed E-state index contributed by atoms with van der Waals surface area (Å²) in [6.45, 7) is 4.76. The zero-order valence-corrected chi connectivity index (χ0v) is 13.1. The molecule has 0 radical (unpaired) electrons. The quantitative estimate of drug-likeness (QED) is 0.569. The second-order valence-electron chi connectivity index (χ2n) is 4.93. The van der Waals surface area contributed by atoms with Crippen LogP contribution in [-0.2, 0) is 10.0 Å². The van der Waals surface area contributed by atoms with Crippen molar-refractivity contribution in [2.45, 2.75) is 24.8 Å². The Morgan fingerprint density at radius 2 is 1.95 bits per heavy atom. The first kappa shape index (κ1) is 16.4. The average molecular weight is 326 g/mol.